The van der Waals surface area contributed by atoms with E-state index in [9.17, 15) is 0 Å². The third-order valence-electron chi connectivity index (χ3n) is 2.89. The number of thiophene rings is 1. The highest BCUT2D eigenvalue weighted by atomic mass is 79.9. The molecule has 0 fully saturated rings. The summed E-state index contributed by atoms with van der Waals surface area (Å²) in [6, 6.07) is 9.92. The second kappa shape index (κ2) is 5.94. The zero-order valence-corrected chi connectivity index (χ0v) is 12.7. The maximum absolute atomic E-state index is 5.88. The number of nitrogens with one attached hydrogen (secondary N) is 1. The Kier molecular flexibility index (Phi) is 4.06. The standard InChI is InChI=1S/C14H14BrNO2S/c15-14-5-10(9-19-14)6-16-7-11-8-17-12-3-1-2-4-13(12)18-11/h1-5,9,11,16H,6-8H2/t11-/m1/s1. The molecule has 5 heteroatoms. The van der Waals surface area contributed by atoms with Crippen molar-refractivity contribution in [1.29, 1.82) is 0 Å². The molecule has 0 saturated heterocycles. The highest BCUT2D eigenvalue weighted by Gasteiger charge is 2.19. The molecule has 0 saturated carbocycles. The SMILES string of the molecule is Brc1cc(CNC[C@@H]2COc3ccccc3O2)cs1. The van der Waals surface area contributed by atoms with Crippen molar-refractivity contribution in [3.8, 4) is 11.5 Å². The van der Waals surface area contributed by atoms with Gasteiger partial charge >= 0.3 is 0 Å². The van der Waals surface area contributed by atoms with Crippen molar-refractivity contribution in [1.82, 2.24) is 5.32 Å². The Morgan fingerprint density at radius 1 is 1.32 bits per heavy atom. The zero-order chi connectivity index (χ0) is 13.1. The van der Waals surface area contributed by atoms with Crippen molar-refractivity contribution in [2.24, 2.45) is 0 Å². The number of rotatable bonds is 4. The summed E-state index contributed by atoms with van der Waals surface area (Å²) in [6.07, 6.45) is 0.0666. The molecule has 19 heavy (non-hydrogen) atoms. The van der Waals surface area contributed by atoms with E-state index in [0.29, 0.717) is 6.61 Å². The van der Waals surface area contributed by atoms with Gasteiger partial charge in [-0.05, 0) is 45.1 Å². The van der Waals surface area contributed by atoms with E-state index < -0.39 is 0 Å². The van der Waals surface area contributed by atoms with Crippen LogP contribution in [0.25, 0.3) is 0 Å². The molecule has 1 aromatic heterocycles. The fraction of sp³-hybridized carbons (Fsp3) is 0.286. The first kappa shape index (κ1) is 13.0. The highest BCUT2D eigenvalue weighted by molar-refractivity contribution is 9.11. The van der Waals surface area contributed by atoms with Crippen LogP contribution in [0.1, 0.15) is 5.56 Å². The molecule has 2 heterocycles. The first-order valence-corrected chi connectivity index (χ1v) is 7.80. The Bertz CT molecular complexity index is 558. The predicted molar refractivity (Wildman–Crippen MR) is 80.1 cm³/mol. The summed E-state index contributed by atoms with van der Waals surface area (Å²) in [7, 11) is 0. The molecular formula is C14H14BrNO2S. The highest BCUT2D eigenvalue weighted by Crippen LogP contribution is 2.30. The second-order valence-electron chi connectivity index (χ2n) is 4.39. The van der Waals surface area contributed by atoms with E-state index in [1.54, 1.807) is 11.3 Å². The fourth-order valence-electron chi connectivity index (χ4n) is 1.98. The lowest BCUT2D eigenvalue weighted by Gasteiger charge is -2.26. The first-order valence-electron chi connectivity index (χ1n) is 6.13. The van der Waals surface area contributed by atoms with Crippen LogP contribution in [0.5, 0.6) is 11.5 Å². The average Bonchev–Trinajstić information content (AvgIpc) is 2.84. The lowest BCUT2D eigenvalue weighted by molar-refractivity contribution is 0.0902. The van der Waals surface area contributed by atoms with E-state index in [1.807, 2.05) is 24.3 Å². The lowest BCUT2D eigenvalue weighted by Crippen LogP contribution is -2.38. The number of fused-ring (bicyclic) bond motifs is 1. The monoisotopic (exact) mass is 339 g/mol. The molecule has 1 atom stereocenters. The van der Waals surface area contributed by atoms with Crippen LogP contribution >= 0.6 is 27.3 Å². The van der Waals surface area contributed by atoms with Gasteiger partial charge in [0.1, 0.15) is 12.7 Å². The number of ether oxygens (including phenoxy) is 2. The maximum atomic E-state index is 5.88. The van der Waals surface area contributed by atoms with Crippen LogP contribution in [0.4, 0.5) is 0 Å². The quantitative estimate of drug-likeness (QED) is 0.925. The van der Waals surface area contributed by atoms with Crippen LogP contribution < -0.4 is 14.8 Å². The molecule has 0 unspecified atom stereocenters. The second-order valence-corrected chi connectivity index (χ2v) is 6.68. The van der Waals surface area contributed by atoms with E-state index in [0.717, 1.165) is 28.4 Å². The normalized spacial score (nSPS) is 17.4. The molecule has 3 nitrogen and oxygen atoms in total. The van der Waals surface area contributed by atoms with E-state index in [-0.39, 0.29) is 6.10 Å². The Morgan fingerprint density at radius 3 is 2.95 bits per heavy atom. The Morgan fingerprint density at radius 2 is 2.16 bits per heavy atom. The van der Waals surface area contributed by atoms with Gasteiger partial charge in [-0.1, -0.05) is 12.1 Å². The van der Waals surface area contributed by atoms with Gasteiger partial charge in [0.15, 0.2) is 11.5 Å². The largest absolute Gasteiger partial charge is 0.486 e. The van der Waals surface area contributed by atoms with Crippen molar-refractivity contribution in [3.63, 3.8) is 0 Å². The van der Waals surface area contributed by atoms with Crippen LogP contribution in [0, 0.1) is 0 Å². The van der Waals surface area contributed by atoms with Gasteiger partial charge in [-0.2, -0.15) is 0 Å². The van der Waals surface area contributed by atoms with Crippen molar-refractivity contribution < 1.29 is 9.47 Å². The minimum absolute atomic E-state index is 0.0666. The molecule has 1 aromatic carbocycles. The Balaban J connectivity index is 1.50. The van der Waals surface area contributed by atoms with Crippen molar-refractivity contribution in [3.05, 3.63) is 45.1 Å². The maximum Gasteiger partial charge on any atom is 0.161 e. The molecule has 100 valence electrons. The summed E-state index contributed by atoms with van der Waals surface area (Å²) in [5.41, 5.74) is 1.29. The molecule has 2 aromatic rings. The van der Waals surface area contributed by atoms with Gasteiger partial charge < -0.3 is 14.8 Å². The van der Waals surface area contributed by atoms with E-state index in [1.165, 1.54) is 5.56 Å². The van der Waals surface area contributed by atoms with Crippen LogP contribution in [0.3, 0.4) is 0 Å². The number of benzene rings is 1. The predicted octanol–water partition coefficient (Wildman–Crippen LogP) is 3.44. The lowest BCUT2D eigenvalue weighted by atomic mass is 10.2. The molecule has 0 bridgehead atoms. The zero-order valence-electron chi connectivity index (χ0n) is 10.3. The third-order valence-corrected chi connectivity index (χ3v) is 4.44. The fourth-order valence-corrected chi connectivity index (χ4v) is 3.19. The van der Waals surface area contributed by atoms with Crippen molar-refractivity contribution >= 4 is 27.3 Å². The van der Waals surface area contributed by atoms with E-state index >= 15 is 0 Å². The van der Waals surface area contributed by atoms with Crippen LogP contribution in [-0.2, 0) is 6.54 Å². The number of hydrogen-bond acceptors (Lipinski definition) is 4. The van der Waals surface area contributed by atoms with Crippen LogP contribution in [0.2, 0.25) is 0 Å². The molecule has 3 rings (SSSR count). The molecule has 0 amide bonds. The van der Waals surface area contributed by atoms with Gasteiger partial charge in [-0.3, -0.25) is 0 Å². The van der Waals surface area contributed by atoms with Gasteiger partial charge in [0.2, 0.25) is 0 Å². The first-order chi connectivity index (χ1) is 9.31. The minimum Gasteiger partial charge on any atom is -0.486 e. The van der Waals surface area contributed by atoms with Gasteiger partial charge in [-0.25, -0.2) is 0 Å². The molecule has 0 spiro atoms. The summed E-state index contributed by atoms with van der Waals surface area (Å²) in [4.78, 5) is 0. The van der Waals surface area contributed by atoms with E-state index in [2.05, 4.69) is 32.7 Å². The molecule has 1 N–H and O–H groups in total. The minimum atomic E-state index is 0.0666. The summed E-state index contributed by atoms with van der Waals surface area (Å²) < 4.78 is 12.7. The molecule has 0 aliphatic carbocycles. The third kappa shape index (κ3) is 3.29. The van der Waals surface area contributed by atoms with Gasteiger partial charge in [0.25, 0.3) is 0 Å². The van der Waals surface area contributed by atoms with Crippen LogP contribution in [-0.4, -0.2) is 19.3 Å². The topological polar surface area (TPSA) is 30.5 Å². The van der Waals surface area contributed by atoms with Gasteiger partial charge in [0.05, 0.1) is 3.79 Å². The van der Waals surface area contributed by atoms with Crippen molar-refractivity contribution in [2.75, 3.05) is 13.2 Å². The Hall–Kier alpha value is -1.04. The molecular weight excluding hydrogens is 326 g/mol. The summed E-state index contributed by atoms with van der Waals surface area (Å²) in [5, 5.41) is 5.54. The van der Waals surface area contributed by atoms with Gasteiger partial charge in [-0.15, -0.1) is 11.3 Å². The molecule has 0 radical (unpaired) electrons. The van der Waals surface area contributed by atoms with Crippen molar-refractivity contribution in [2.45, 2.75) is 12.6 Å². The number of hydrogen-bond donors (Lipinski definition) is 1. The number of para-hydroxylation sites is 2. The molecule has 1 aliphatic heterocycles. The van der Waals surface area contributed by atoms with Crippen LogP contribution in [0.15, 0.2) is 39.5 Å². The van der Waals surface area contributed by atoms with E-state index in [4.69, 9.17) is 9.47 Å². The molecule has 1 aliphatic rings. The summed E-state index contributed by atoms with van der Waals surface area (Å²) >= 11 is 5.17. The number of halogens is 1. The summed E-state index contributed by atoms with van der Waals surface area (Å²) in [6.45, 7) is 2.22. The Labute approximate surface area is 124 Å². The smallest absolute Gasteiger partial charge is 0.161 e. The average molecular weight is 340 g/mol. The van der Waals surface area contributed by atoms with Gasteiger partial charge in [0, 0.05) is 13.1 Å². The summed E-state index contributed by atoms with van der Waals surface area (Å²) in [5.74, 6) is 1.67.